The SMILES string of the molecule is CCOc1ccc(CNC(=O)NCc2ccccc2)cc1C. The van der Waals surface area contributed by atoms with Crippen LogP contribution >= 0.6 is 0 Å². The second kappa shape index (κ2) is 8.08. The third-order valence-electron chi connectivity index (χ3n) is 3.29. The van der Waals surface area contributed by atoms with Crippen LogP contribution in [0.3, 0.4) is 0 Å². The van der Waals surface area contributed by atoms with Gasteiger partial charge in [-0.2, -0.15) is 0 Å². The molecule has 2 aromatic carbocycles. The van der Waals surface area contributed by atoms with Crippen LogP contribution in [0.2, 0.25) is 0 Å². The number of nitrogens with one attached hydrogen (secondary N) is 2. The Balaban J connectivity index is 1.80. The molecule has 4 nitrogen and oxygen atoms in total. The minimum absolute atomic E-state index is 0.171. The topological polar surface area (TPSA) is 50.4 Å². The van der Waals surface area contributed by atoms with Crippen LogP contribution in [0.15, 0.2) is 48.5 Å². The smallest absolute Gasteiger partial charge is 0.315 e. The number of benzene rings is 2. The Morgan fingerprint density at radius 3 is 2.32 bits per heavy atom. The maximum atomic E-state index is 11.8. The Morgan fingerprint density at radius 2 is 1.68 bits per heavy atom. The Labute approximate surface area is 131 Å². The lowest BCUT2D eigenvalue weighted by atomic mass is 10.1. The van der Waals surface area contributed by atoms with Gasteiger partial charge in [-0.3, -0.25) is 0 Å². The van der Waals surface area contributed by atoms with E-state index in [0.29, 0.717) is 19.7 Å². The summed E-state index contributed by atoms with van der Waals surface area (Å²) in [6.07, 6.45) is 0. The number of urea groups is 1. The largest absolute Gasteiger partial charge is 0.494 e. The quantitative estimate of drug-likeness (QED) is 0.859. The Kier molecular flexibility index (Phi) is 5.83. The first-order chi connectivity index (χ1) is 10.7. The zero-order valence-corrected chi connectivity index (χ0v) is 13.1. The molecule has 0 saturated carbocycles. The minimum atomic E-state index is -0.171. The van der Waals surface area contributed by atoms with E-state index >= 15 is 0 Å². The summed E-state index contributed by atoms with van der Waals surface area (Å²) < 4.78 is 5.51. The van der Waals surface area contributed by atoms with Crippen molar-refractivity contribution in [2.75, 3.05) is 6.61 Å². The number of hydrogen-bond donors (Lipinski definition) is 2. The molecule has 0 aliphatic rings. The maximum absolute atomic E-state index is 11.8. The van der Waals surface area contributed by atoms with Gasteiger partial charge in [-0.15, -0.1) is 0 Å². The molecule has 0 radical (unpaired) electrons. The molecule has 2 N–H and O–H groups in total. The van der Waals surface area contributed by atoms with Crippen LogP contribution in [0.5, 0.6) is 5.75 Å². The van der Waals surface area contributed by atoms with Crippen molar-refractivity contribution in [3.63, 3.8) is 0 Å². The van der Waals surface area contributed by atoms with Crippen molar-refractivity contribution >= 4 is 6.03 Å². The van der Waals surface area contributed by atoms with Gasteiger partial charge < -0.3 is 15.4 Å². The van der Waals surface area contributed by atoms with Crippen molar-refractivity contribution in [1.29, 1.82) is 0 Å². The second-order valence-electron chi connectivity index (χ2n) is 5.05. The standard InChI is InChI=1S/C18H22N2O2/c1-3-22-17-10-9-16(11-14(17)2)13-20-18(21)19-12-15-7-5-4-6-8-15/h4-11H,3,12-13H2,1-2H3,(H2,19,20,21). The molecule has 0 unspecified atom stereocenters. The summed E-state index contributed by atoms with van der Waals surface area (Å²) >= 11 is 0. The molecule has 4 heteroatoms. The number of amides is 2. The van der Waals surface area contributed by atoms with Crippen molar-refractivity contribution in [2.45, 2.75) is 26.9 Å². The van der Waals surface area contributed by atoms with E-state index in [0.717, 1.165) is 22.4 Å². The molecule has 0 atom stereocenters. The van der Waals surface area contributed by atoms with Gasteiger partial charge >= 0.3 is 6.03 Å². The second-order valence-corrected chi connectivity index (χ2v) is 5.05. The summed E-state index contributed by atoms with van der Waals surface area (Å²) in [5.74, 6) is 0.889. The molecular weight excluding hydrogens is 276 g/mol. The van der Waals surface area contributed by atoms with E-state index in [-0.39, 0.29) is 6.03 Å². The third-order valence-corrected chi connectivity index (χ3v) is 3.29. The van der Waals surface area contributed by atoms with Gasteiger partial charge in [0.15, 0.2) is 0 Å². The van der Waals surface area contributed by atoms with Crippen molar-refractivity contribution in [2.24, 2.45) is 0 Å². The molecule has 2 aromatic rings. The van der Waals surface area contributed by atoms with Gasteiger partial charge in [0.1, 0.15) is 5.75 Å². The fraction of sp³-hybridized carbons (Fsp3) is 0.278. The number of carbonyl (C=O) groups is 1. The van der Waals surface area contributed by atoms with E-state index in [9.17, 15) is 4.79 Å². The van der Waals surface area contributed by atoms with Crippen molar-refractivity contribution in [3.8, 4) is 5.75 Å². The fourth-order valence-corrected chi connectivity index (χ4v) is 2.16. The summed E-state index contributed by atoms with van der Waals surface area (Å²) in [6.45, 7) is 5.64. The first kappa shape index (κ1) is 15.9. The summed E-state index contributed by atoms with van der Waals surface area (Å²) in [7, 11) is 0. The molecule has 22 heavy (non-hydrogen) atoms. The Bertz CT molecular complexity index is 612. The summed E-state index contributed by atoms with van der Waals surface area (Å²) in [5, 5.41) is 5.70. The van der Waals surface area contributed by atoms with Gasteiger partial charge in [-0.25, -0.2) is 4.79 Å². The Hall–Kier alpha value is -2.49. The number of carbonyl (C=O) groups excluding carboxylic acids is 1. The zero-order chi connectivity index (χ0) is 15.8. The summed E-state index contributed by atoms with van der Waals surface area (Å²) in [4.78, 5) is 11.8. The molecule has 0 fully saturated rings. The van der Waals surface area contributed by atoms with Gasteiger partial charge in [-0.1, -0.05) is 42.5 Å². The lowest BCUT2D eigenvalue weighted by Crippen LogP contribution is -2.34. The van der Waals surface area contributed by atoms with E-state index in [2.05, 4.69) is 10.6 Å². The molecule has 0 aliphatic heterocycles. The highest BCUT2D eigenvalue weighted by atomic mass is 16.5. The summed E-state index contributed by atoms with van der Waals surface area (Å²) in [6, 6.07) is 15.6. The number of aryl methyl sites for hydroxylation is 1. The predicted molar refractivity (Wildman–Crippen MR) is 87.9 cm³/mol. The molecule has 2 amide bonds. The molecule has 0 bridgehead atoms. The zero-order valence-electron chi connectivity index (χ0n) is 13.1. The van der Waals surface area contributed by atoms with Crippen molar-refractivity contribution in [1.82, 2.24) is 10.6 Å². The minimum Gasteiger partial charge on any atom is -0.494 e. The number of ether oxygens (including phenoxy) is 1. The highest BCUT2D eigenvalue weighted by Gasteiger charge is 2.03. The van der Waals surface area contributed by atoms with Crippen LogP contribution in [-0.4, -0.2) is 12.6 Å². The van der Waals surface area contributed by atoms with Crippen LogP contribution in [0.4, 0.5) is 4.79 Å². The average molecular weight is 298 g/mol. The van der Waals surface area contributed by atoms with Gasteiger partial charge in [-0.05, 0) is 36.6 Å². The van der Waals surface area contributed by atoms with E-state index in [1.807, 2.05) is 62.4 Å². The molecule has 0 spiro atoms. The van der Waals surface area contributed by atoms with E-state index in [1.54, 1.807) is 0 Å². The predicted octanol–water partition coefficient (Wildman–Crippen LogP) is 3.39. The first-order valence-corrected chi connectivity index (χ1v) is 7.47. The van der Waals surface area contributed by atoms with Gasteiger partial charge in [0.2, 0.25) is 0 Å². The molecule has 2 rings (SSSR count). The van der Waals surface area contributed by atoms with Gasteiger partial charge in [0, 0.05) is 13.1 Å². The Morgan fingerprint density at radius 1 is 1.00 bits per heavy atom. The van der Waals surface area contributed by atoms with Crippen molar-refractivity contribution in [3.05, 3.63) is 65.2 Å². The van der Waals surface area contributed by atoms with Crippen LogP contribution in [0, 0.1) is 6.92 Å². The molecule has 0 saturated heterocycles. The molecular formula is C18H22N2O2. The van der Waals surface area contributed by atoms with Crippen LogP contribution in [-0.2, 0) is 13.1 Å². The first-order valence-electron chi connectivity index (χ1n) is 7.47. The fourth-order valence-electron chi connectivity index (χ4n) is 2.16. The van der Waals surface area contributed by atoms with Gasteiger partial charge in [0.05, 0.1) is 6.61 Å². The molecule has 0 heterocycles. The molecule has 0 aromatic heterocycles. The maximum Gasteiger partial charge on any atom is 0.315 e. The third kappa shape index (κ3) is 4.81. The van der Waals surface area contributed by atoms with E-state index < -0.39 is 0 Å². The normalized spacial score (nSPS) is 10.1. The lowest BCUT2D eigenvalue weighted by Gasteiger charge is -2.11. The monoisotopic (exact) mass is 298 g/mol. The van der Waals surface area contributed by atoms with Crippen LogP contribution in [0.1, 0.15) is 23.6 Å². The highest BCUT2D eigenvalue weighted by molar-refractivity contribution is 5.73. The van der Waals surface area contributed by atoms with E-state index in [4.69, 9.17) is 4.74 Å². The molecule has 0 aliphatic carbocycles. The number of hydrogen-bond acceptors (Lipinski definition) is 2. The number of rotatable bonds is 6. The average Bonchev–Trinajstić information content (AvgIpc) is 2.54. The highest BCUT2D eigenvalue weighted by Crippen LogP contribution is 2.18. The van der Waals surface area contributed by atoms with Gasteiger partial charge in [0.25, 0.3) is 0 Å². The lowest BCUT2D eigenvalue weighted by molar-refractivity contribution is 0.240. The summed E-state index contributed by atoms with van der Waals surface area (Å²) in [5.41, 5.74) is 3.20. The van der Waals surface area contributed by atoms with E-state index in [1.165, 1.54) is 0 Å². The van der Waals surface area contributed by atoms with Crippen LogP contribution in [0.25, 0.3) is 0 Å². The van der Waals surface area contributed by atoms with Crippen LogP contribution < -0.4 is 15.4 Å². The van der Waals surface area contributed by atoms with Crippen molar-refractivity contribution < 1.29 is 9.53 Å². The molecule has 116 valence electrons.